The Labute approximate surface area is 289 Å². The molecule has 0 bridgehead atoms. The molecule has 2 saturated carbocycles. The number of ether oxygens (including phenoxy) is 1. The summed E-state index contributed by atoms with van der Waals surface area (Å²) in [6, 6.07) is 5.65. The monoisotopic (exact) mass is 679 g/mol. The second-order valence-corrected chi connectivity index (χ2v) is 15.3. The van der Waals surface area contributed by atoms with E-state index in [2.05, 4.69) is 27.8 Å². The lowest BCUT2D eigenvalue weighted by molar-refractivity contribution is -0.154. The van der Waals surface area contributed by atoms with Crippen LogP contribution in [0.25, 0.3) is 0 Å². The first-order valence-electron chi connectivity index (χ1n) is 17.4. The standard InChI is InChI=1S/C37H53N5O7/c1-8-20-38-31(45)28(43)25(9-2)39-30(44)27-26-24(36(26,6)7)21-42(27)32(46)29(35(3,4)5)40-34(48)41-37(18-14-11-15-19-37)33(47)49-22-23-16-12-10-13-17-23/h8,10,12-13,16-17,24-27,29H,1,9,11,14-15,18-22H2,2-7H3,(H,38,45)(H,39,44)(H2,40,41,48)/t24-,25?,26-,27-,29+/m0/s1. The molecule has 0 aromatic heterocycles. The maximum absolute atomic E-state index is 14.4. The molecule has 2 aliphatic carbocycles. The second kappa shape index (κ2) is 15.1. The van der Waals surface area contributed by atoms with Crippen molar-refractivity contribution < 1.29 is 33.5 Å². The Kier molecular flexibility index (Phi) is 11.6. The number of fused-ring (bicyclic) bond motifs is 1. The van der Waals surface area contributed by atoms with E-state index in [4.69, 9.17) is 4.74 Å². The van der Waals surface area contributed by atoms with Crippen molar-refractivity contribution in [1.29, 1.82) is 0 Å². The number of carbonyl (C=O) groups is 6. The van der Waals surface area contributed by atoms with Crippen LogP contribution >= 0.6 is 0 Å². The maximum Gasteiger partial charge on any atom is 0.332 e. The van der Waals surface area contributed by atoms with Crippen LogP contribution in [-0.2, 0) is 35.3 Å². The highest BCUT2D eigenvalue weighted by atomic mass is 16.5. The minimum absolute atomic E-state index is 0.0539. The van der Waals surface area contributed by atoms with Crippen molar-refractivity contribution in [2.24, 2.45) is 22.7 Å². The first kappa shape index (κ1) is 37.6. The van der Waals surface area contributed by atoms with Gasteiger partial charge in [0, 0.05) is 13.1 Å². The van der Waals surface area contributed by atoms with Gasteiger partial charge in [-0.25, -0.2) is 9.59 Å². The SMILES string of the molecule is C=CCNC(=O)C(=O)C(CC)NC(=O)[C@@H]1[C@@H]2[C@H](CN1C(=O)[C@@H](NC(=O)NC1(C(=O)OCc3ccccc3)CCCCC1)C(C)(C)C)C2(C)C. The topological polar surface area (TPSA) is 163 Å². The molecule has 0 spiro atoms. The second-order valence-electron chi connectivity index (χ2n) is 15.3. The number of hydrogen-bond acceptors (Lipinski definition) is 7. The van der Waals surface area contributed by atoms with Gasteiger partial charge in [-0.2, -0.15) is 0 Å². The highest BCUT2D eigenvalue weighted by Crippen LogP contribution is 2.65. The normalized spacial score (nSPS) is 23.1. The minimum Gasteiger partial charge on any atom is -0.459 e. The number of ketones is 1. The molecule has 4 rings (SSSR count). The third-order valence-electron chi connectivity index (χ3n) is 10.5. The molecule has 5 atom stereocenters. The highest BCUT2D eigenvalue weighted by Gasteiger charge is 2.70. The van der Waals surface area contributed by atoms with Crippen molar-refractivity contribution in [1.82, 2.24) is 26.2 Å². The Morgan fingerprint density at radius 3 is 2.27 bits per heavy atom. The number of piperidine rings is 1. The Bertz CT molecular complexity index is 1430. The van der Waals surface area contributed by atoms with Gasteiger partial charge in [-0.1, -0.05) is 97.2 Å². The van der Waals surface area contributed by atoms with Gasteiger partial charge in [0.15, 0.2) is 0 Å². The van der Waals surface area contributed by atoms with Gasteiger partial charge in [0.25, 0.3) is 5.91 Å². The number of likely N-dealkylation sites (tertiary alicyclic amines) is 1. The van der Waals surface area contributed by atoms with Crippen LogP contribution in [0.2, 0.25) is 0 Å². The maximum atomic E-state index is 14.4. The molecule has 0 radical (unpaired) electrons. The first-order valence-corrected chi connectivity index (χ1v) is 17.4. The Morgan fingerprint density at radius 1 is 1.02 bits per heavy atom. The summed E-state index contributed by atoms with van der Waals surface area (Å²) in [6.45, 7) is 15.3. The van der Waals surface area contributed by atoms with Gasteiger partial charge in [-0.05, 0) is 47.5 Å². The van der Waals surface area contributed by atoms with Gasteiger partial charge in [0.1, 0.15) is 24.2 Å². The fraction of sp³-hybridized carbons (Fsp3) is 0.622. The molecule has 3 fully saturated rings. The molecular formula is C37H53N5O7. The van der Waals surface area contributed by atoms with Gasteiger partial charge in [0.2, 0.25) is 17.6 Å². The number of carbonyl (C=O) groups excluding carboxylic acids is 6. The van der Waals surface area contributed by atoms with E-state index < -0.39 is 64.6 Å². The van der Waals surface area contributed by atoms with Crippen molar-refractivity contribution in [2.45, 2.75) is 110 Å². The third-order valence-corrected chi connectivity index (χ3v) is 10.5. The molecule has 1 unspecified atom stereocenters. The van der Waals surface area contributed by atoms with Gasteiger partial charge in [-0.15, -0.1) is 6.58 Å². The van der Waals surface area contributed by atoms with E-state index in [1.54, 1.807) is 6.92 Å². The van der Waals surface area contributed by atoms with E-state index >= 15 is 0 Å². The minimum atomic E-state index is -1.23. The summed E-state index contributed by atoms with van der Waals surface area (Å²) in [5, 5.41) is 10.9. The van der Waals surface area contributed by atoms with Crippen LogP contribution in [0.1, 0.15) is 85.6 Å². The number of benzene rings is 1. The Morgan fingerprint density at radius 2 is 1.67 bits per heavy atom. The lowest BCUT2D eigenvalue weighted by atomic mass is 9.81. The van der Waals surface area contributed by atoms with E-state index in [0.717, 1.165) is 24.8 Å². The summed E-state index contributed by atoms with van der Waals surface area (Å²) in [7, 11) is 0. The molecule has 12 heteroatoms. The van der Waals surface area contributed by atoms with E-state index in [-0.39, 0.29) is 36.8 Å². The largest absolute Gasteiger partial charge is 0.459 e. The Hall–Kier alpha value is -4.22. The summed E-state index contributed by atoms with van der Waals surface area (Å²) in [5.74, 6) is -3.15. The number of Topliss-reactive ketones (excluding diaryl/α,β-unsaturated/α-hetero) is 1. The van der Waals surface area contributed by atoms with E-state index in [0.29, 0.717) is 19.4 Å². The van der Waals surface area contributed by atoms with Crippen LogP contribution in [0.5, 0.6) is 0 Å². The smallest absolute Gasteiger partial charge is 0.332 e. The van der Waals surface area contributed by atoms with Crippen molar-refractivity contribution in [2.75, 3.05) is 13.1 Å². The number of nitrogens with one attached hydrogen (secondary N) is 4. The number of urea groups is 1. The molecule has 49 heavy (non-hydrogen) atoms. The molecule has 3 aliphatic rings. The third kappa shape index (κ3) is 8.33. The number of rotatable bonds is 13. The summed E-state index contributed by atoms with van der Waals surface area (Å²) in [4.78, 5) is 82.2. The van der Waals surface area contributed by atoms with Crippen molar-refractivity contribution in [3.8, 4) is 0 Å². The van der Waals surface area contributed by atoms with E-state index in [9.17, 15) is 28.8 Å². The van der Waals surface area contributed by atoms with E-state index in [1.807, 2.05) is 65.0 Å². The number of hydrogen-bond donors (Lipinski definition) is 4. The number of esters is 1. The van der Waals surface area contributed by atoms with Crippen LogP contribution in [0.3, 0.4) is 0 Å². The summed E-state index contributed by atoms with van der Waals surface area (Å²) in [6.07, 6.45) is 4.88. The first-order chi connectivity index (χ1) is 23.1. The fourth-order valence-corrected chi connectivity index (χ4v) is 7.43. The number of nitrogens with zero attached hydrogens (tertiary/aromatic N) is 1. The molecule has 5 amide bonds. The zero-order valence-electron chi connectivity index (χ0n) is 29.7. The van der Waals surface area contributed by atoms with Gasteiger partial charge < -0.3 is 30.9 Å². The predicted octanol–water partition coefficient (Wildman–Crippen LogP) is 3.40. The summed E-state index contributed by atoms with van der Waals surface area (Å²) < 4.78 is 5.69. The molecule has 1 aromatic carbocycles. The zero-order valence-corrected chi connectivity index (χ0v) is 29.7. The summed E-state index contributed by atoms with van der Waals surface area (Å²) >= 11 is 0. The molecule has 1 saturated heterocycles. The van der Waals surface area contributed by atoms with Crippen molar-refractivity contribution >= 4 is 35.5 Å². The predicted molar refractivity (Wildman–Crippen MR) is 184 cm³/mol. The van der Waals surface area contributed by atoms with Gasteiger partial charge in [-0.3, -0.25) is 19.2 Å². The highest BCUT2D eigenvalue weighted by molar-refractivity contribution is 6.38. The average Bonchev–Trinajstić information content (AvgIpc) is 3.37. The van der Waals surface area contributed by atoms with Crippen molar-refractivity contribution in [3.05, 3.63) is 48.6 Å². The molecule has 1 aromatic rings. The van der Waals surface area contributed by atoms with E-state index in [1.165, 1.54) is 11.0 Å². The van der Waals surface area contributed by atoms with Crippen LogP contribution in [-0.4, -0.2) is 77.2 Å². The Balaban J connectivity index is 1.50. The molecule has 1 aliphatic heterocycles. The molecular weight excluding hydrogens is 626 g/mol. The van der Waals surface area contributed by atoms with Crippen molar-refractivity contribution in [3.63, 3.8) is 0 Å². The molecule has 1 heterocycles. The van der Waals surface area contributed by atoms with Gasteiger partial charge in [0.05, 0.1) is 6.04 Å². The lowest BCUT2D eigenvalue weighted by Gasteiger charge is -2.39. The quantitative estimate of drug-likeness (QED) is 0.141. The fourth-order valence-electron chi connectivity index (χ4n) is 7.43. The zero-order chi connectivity index (χ0) is 36.1. The number of amides is 5. The van der Waals surface area contributed by atoms with Crippen LogP contribution < -0.4 is 21.3 Å². The summed E-state index contributed by atoms with van der Waals surface area (Å²) in [5.41, 5.74) is -1.37. The van der Waals surface area contributed by atoms with Crippen LogP contribution in [0, 0.1) is 22.7 Å². The van der Waals surface area contributed by atoms with Crippen LogP contribution in [0.4, 0.5) is 4.79 Å². The van der Waals surface area contributed by atoms with Gasteiger partial charge >= 0.3 is 12.0 Å². The molecule has 268 valence electrons. The molecule has 4 N–H and O–H groups in total. The molecule has 12 nitrogen and oxygen atoms in total. The van der Waals surface area contributed by atoms with Crippen LogP contribution in [0.15, 0.2) is 43.0 Å². The average molecular weight is 680 g/mol. The lowest BCUT2D eigenvalue weighted by Crippen LogP contribution is -2.64.